The molecule has 0 bridgehead atoms. The zero-order valence-corrected chi connectivity index (χ0v) is 23.0. The molecule has 2 aromatic rings. The monoisotopic (exact) mass is 533 g/mol. The average molecular weight is 534 g/mol. The van der Waals surface area contributed by atoms with Crippen molar-refractivity contribution in [3.63, 3.8) is 0 Å². The minimum absolute atomic E-state index is 0.428. The van der Waals surface area contributed by atoms with Gasteiger partial charge in [-0.05, 0) is 76.3 Å². The summed E-state index contributed by atoms with van der Waals surface area (Å²) < 4.78 is 5.85. The number of hydrogen-bond donors (Lipinski definition) is 2. The molecule has 8 nitrogen and oxygen atoms in total. The highest BCUT2D eigenvalue weighted by molar-refractivity contribution is 7.98. The van der Waals surface area contributed by atoms with E-state index in [0.717, 1.165) is 43.0 Å². The third-order valence-corrected chi connectivity index (χ3v) is 7.90. The highest BCUT2D eigenvalue weighted by Crippen LogP contribution is 2.24. The van der Waals surface area contributed by atoms with Crippen LogP contribution in [0.25, 0.3) is 0 Å². The molecule has 10 heteroatoms. The van der Waals surface area contributed by atoms with E-state index in [4.69, 9.17) is 4.74 Å². The number of nitro groups is 1. The van der Waals surface area contributed by atoms with E-state index in [-0.39, 0.29) is 0 Å². The van der Waals surface area contributed by atoms with Gasteiger partial charge in [0.2, 0.25) is 0 Å². The lowest BCUT2D eigenvalue weighted by Crippen LogP contribution is -2.30. The number of ether oxygens (including phenoxy) is 1. The smallest absolute Gasteiger partial charge is 0.274 e. The fourth-order valence-corrected chi connectivity index (χ4v) is 6.05. The van der Waals surface area contributed by atoms with Crippen LogP contribution in [0.1, 0.15) is 34.6 Å². The second-order valence-corrected chi connectivity index (χ2v) is 11.5. The summed E-state index contributed by atoms with van der Waals surface area (Å²) in [5.74, 6) is 3.14. The molecule has 3 rings (SSSR count). The molecule has 1 saturated heterocycles. The van der Waals surface area contributed by atoms with Crippen molar-refractivity contribution in [2.75, 3.05) is 52.6 Å². The molecule has 1 aromatic heterocycles. The van der Waals surface area contributed by atoms with Gasteiger partial charge < -0.3 is 20.3 Å². The van der Waals surface area contributed by atoms with Crippen molar-refractivity contribution in [3.05, 3.63) is 73.9 Å². The molecule has 1 aliphatic heterocycles. The van der Waals surface area contributed by atoms with Crippen LogP contribution in [-0.2, 0) is 18.8 Å². The fourth-order valence-electron chi connectivity index (χ4n) is 4.02. The normalized spacial score (nSPS) is 14.4. The standard InChI is InChI=1S/C26H39N5O3S2/c1-29(2)18-22-7-5-8-23(17-22)34-15-6-11-27-26(20-31(32)33)28-12-16-35-21-25-10-9-24(36-25)19-30-13-3-4-14-30/h5,7-10,17,20,27-28H,3-4,6,11-16,18-19,21H2,1-2H3. The average Bonchev–Trinajstić information content (AvgIpc) is 3.50. The van der Waals surface area contributed by atoms with Gasteiger partial charge in [-0.2, -0.15) is 11.8 Å². The Balaban J connectivity index is 1.29. The van der Waals surface area contributed by atoms with Crippen molar-refractivity contribution in [1.29, 1.82) is 0 Å². The van der Waals surface area contributed by atoms with Gasteiger partial charge in [0.25, 0.3) is 6.20 Å². The van der Waals surface area contributed by atoms with Gasteiger partial charge in [-0.25, -0.2) is 0 Å². The molecule has 1 aliphatic rings. The van der Waals surface area contributed by atoms with Crippen molar-refractivity contribution in [3.8, 4) is 5.75 Å². The Morgan fingerprint density at radius 3 is 2.75 bits per heavy atom. The minimum atomic E-state index is -0.428. The summed E-state index contributed by atoms with van der Waals surface area (Å²) in [7, 11) is 4.08. The Labute approximate surface area is 223 Å². The number of benzene rings is 1. The lowest BCUT2D eigenvalue weighted by atomic mass is 10.2. The van der Waals surface area contributed by atoms with Crippen molar-refractivity contribution >= 4 is 23.1 Å². The van der Waals surface area contributed by atoms with E-state index < -0.39 is 4.92 Å². The van der Waals surface area contributed by atoms with Crippen molar-refractivity contribution in [2.45, 2.75) is 38.1 Å². The predicted octanol–water partition coefficient (Wildman–Crippen LogP) is 4.36. The molecule has 198 valence electrons. The van der Waals surface area contributed by atoms with Crippen LogP contribution in [0.2, 0.25) is 0 Å². The van der Waals surface area contributed by atoms with E-state index in [1.807, 2.05) is 49.3 Å². The summed E-state index contributed by atoms with van der Waals surface area (Å²) in [6.07, 6.45) is 4.38. The minimum Gasteiger partial charge on any atom is -0.494 e. The second-order valence-electron chi connectivity index (χ2n) is 9.17. The molecule has 0 aliphatic carbocycles. The summed E-state index contributed by atoms with van der Waals surface area (Å²) in [6.45, 7) is 6.18. The first-order valence-corrected chi connectivity index (χ1v) is 14.5. The quantitative estimate of drug-likeness (QED) is 0.176. The van der Waals surface area contributed by atoms with Gasteiger partial charge in [0.15, 0.2) is 5.82 Å². The van der Waals surface area contributed by atoms with Gasteiger partial charge in [0.1, 0.15) is 5.75 Å². The van der Waals surface area contributed by atoms with Crippen LogP contribution < -0.4 is 15.4 Å². The van der Waals surface area contributed by atoms with E-state index in [9.17, 15) is 10.1 Å². The van der Waals surface area contributed by atoms with Gasteiger partial charge in [-0.3, -0.25) is 15.0 Å². The maximum absolute atomic E-state index is 11.0. The largest absolute Gasteiger partial charge is 0.494 e. The Hall–Kier alpha value is -2.27. The lowest BCUT2D eigenvalue weighted by molar-refractivity contribution is -0.404. The topological polar surface area (TPSA) is 82.9 Å². The van der Waals surface area contributed by atoms with Gasteiger partial charge in [-0.1, -0.05) is 12.1 Å². The third kappa shape index (κ3) is 11.2. The second kappa shape index (κ2) is 15.8. The van der Waals surface area contributed by atoms with E-state index in [1.165, 1.54) is 41.2 Å². The molecule has 0 amide bonds. The van der Waals surface area contributed by atoms with Crippen molar-refractivity contribution in [2.24, 2.45) is 0 Å². The van der Waals surface area contributed by atoms with E-state index in [1.54, 1.807) is 0 Å². The Bertz CT molecular complexity index is 961. The van der Waals surface area contributed by atoms with Gasteiger partial charge in [0.05, 0.1) is 11.5 Å². The van der Waals surface area contributed by atoms with Gasteiger partial charge >= 0.3 is 0 Å². The number of thioether (sulfide) groups is 1. The molecule has 1 aromatic carbocycles. The number of nitrogens with one attached hydrogen (secondary N) is 2. The molecule has 36 heavy (non-hydrogen) atoms. The zero-order valence-electron chi connectivity index (χ0n) is 21.4. The molecule has 0 atom stereocenters. The number of likely N-dealkylation sites (tertiary alicyclic amines) is 1. The maximum Gasteiger partial charge on any atom is 0.274 e. The Morgan fingerprint density at radius 1 is 1.19 bits per heavy atom. The van der Waals surface area contributed by atoms with Crippen LogP contribution in [-0.4, -0.2) is 67.4 Å². The summed E-state index contributed by atoms with van der Waals surface area (Å²) in [5, 5.41) is 17.3. The van der Waals surface area contributed by atoms with Crippen LogP contribution in [0.3, 0.4) is 0 Å². The summed E-state index contributed by atoms with van der Waals surface area (Å²) in [4.78, 5) is 18.1. The first-order valence-electron chi connectivity index (χ1n) is 12.5. The van der Waals surface area contributed by atoms with E-state index >= 15 is 0 Å². The number of rotatable bonds is 17. The summed E-state index contributed by atoms with van der Waals surface area (Å²) in [6, 6.07) is 12.6. The molecule has 1 fully saturated rings. The van der Waals surface area contributed by atoms with Crippen molar-refractivity contribution in [1.82, 2.24) is 20.4 Å². The zero-order chi connectivity index (χ0) is 25.6. The number of hydrogen-bond acceptors (Lipinski definition) is 9. The van der Waals surface area contributed by atoms with Gasteiger partial charge in [0, 0.05) is 47.4 Å². The third-order valence-electron chi connectivity index (χ3n) is 5.64. The van der Waals surface area contributed by atoms with Crippen LogP contribution in [0, 0.1) is 10.1 Å². The highest BCUT2D eigenvalue weighted by atomic mass is 32.2. The summed E-state index contributed by atoms with van der Waals surface area (Å²) in [5.41, 5.74) is 1.20. The van der Waals surface area contributed by atoms with Crippen molar-refractivity contribution < 1.29 is 9.66 Å². The fraction of sp³-hybridized carbons (Fsp3) is 0.538. The van der Waals surface area contributed by atoms with Crippen LogP contribution >= 0.6 is 23.1 Å². The van der Waals surface area contributed by atoms with Crippen LogP contribution in [0.15, 0.2) is 48.4 Å². The number of nitrogens with zero attached hydrogens (tertiary/aromatic N) is 3. The van der Waals surface area contributed by atoms with E-state index in [0.29, 0.717) is 25.5 Å². The molecular weight excluding hydrogens is 494 g/mol. The maximum atomic E-state index is 11.0. The SMILES string of the molecule is CN(C)Cc1cccc(OCCCNC(=C[N+](=O)[O-])NCCSCc2ccc(CN3CCCC3)s2)c1. The first kappa shape index (κ1) is 28.3. The number of thiophene rings is 1. The highest BCUT2D eigenvalue weighted by Gasteiger charge is 2.12. The van der Waals surface area contributed by atoms with Gasteiger partial charge in [-0.15, -0.1) is 11.3 Å². The summed E-state index contributed by atoms with van der Waals surface area (Å²) >= 11 is 3.74. The molecule has 0 radical (unpaired) electrons. The molecular formula is C26H39N5O3S2. The molecule has 0 saturated carbocycles. The molecule has 2 heterocycles. The molecule has 2 N–H and O–H groups in total. The molecule has 0 spiro atoms. The molecule has 0 unspecified atom stereocenters. The Kier molecular flexibility index (Phi) is 12.4. The van der Waals surface area contributed by atoms with Crippen LogP contribution in [0.4, 0.5) is 0 Å². The van der Waals surface area contributed by atoms with E-state index in [2.05, 4.69) is 44.7 Å². The predicted molar refractivity (Wildman–Crippen MR) is 150 cm³/mol. The van der Waals surface area contributed by atoms with Crippen LogP contribution in [0.5, 0.6) is 5.75 Å². The lowest BCUT2D eigenvalue weighted by Gasteiger charge is -2.13. The first-order chi connectivity index (χ1) is 17.5. The Morgan fingerprint density at radius 2 is 1.97 bits per heavy atom.